The normalized spacial score (nSPS) is 27.2. The first-order chi connectivity index (χ1) is 12.2. The van der Waals surface area contributed by atoms with Crippen LogP contribution in [0.15, 0.2) is 18.2 Å². The number of benzene rings is 1. The van der Waals surface area contributed by atoms with Crippen molar-refractivity contribution in [1.82, 2.24) is 4.90 Å². The molecule has 0 spiro atoms. The monoisotopic (exact) mass is 343 g/mol. The van der Waals surface area contributed by atoms with Gasteiger partial charge in [0, 0.05) is 25.1 Å². The van der Waals surface area contributed by atoms with Gasteiger partial charge in [-0.3, -0.25) is 4.79 Å². The Bertz CT molecular complexity index is 722. The minimum atomic E-state index is -0.160. The minimum Gasteiger partial charge on any atom is -0.454 e. The first-order valence-electron chi connectivity index (χ1n) is 8.61. The molecule has 3 unspecified atom stereocenters. The van der Waals surface area contributed by atoms with Gasteiger partial charge >= 0.3 is 0 Å². The van der Waals surface area contributed by atoms with Crippen LogP contribution in [0, 0.1) is 11.8 Å². The Labute approximate surface area is 147 Å². The molecule has 6 heteroatoms. The zero-order chi connectivity index (χ0) is 17.2. The van der Waals surface area contributed by atoms with Crippen LogP contribution < -0.4 is 9.47 Å². The summed E-state index contributed by atoms with van der Waals surface area (Å²) in [6, 6.07) is 5.49. The van der Waals surface area contributed by atoms with Crippen molar-refractivity contribution in [3.05, 3.63) is 23.8 Å². The van der Waals surface area contributed by atoms with Crippen molar-refractivity contribution in [3.8, 4) is 23.3 Å². The number of carbonyl (C=O) groups excluding carboxylic acids is 1. The van der Waals surface area contributed by atoms with Gasteiger partial charge in [-0.25, -0.2) is 0 Å². The van der Waals surface area contributed by atoms with E-state index in [2.05, 4.69) is 11.8 Å². The molecule has 1 aliphatic carbocycles. The number of rotatable bonds is 1. The lowest BCUT2D eigenvalue weighted by Gasteiger charge is -2.44. The molecule has 1 saturated carbocycles. The van der Waals surface area contributed by atoms with Crippen LogP contribution in [-0.4, -0.2) is 56.1 Å². The SMILES string of the molecule is COC1CCC2OCCN(C(=O)C#Cc3ccc4c(c3)OCO4)C2C1. The smallest absolute Gasteiger partial charge is 0.299 e. The third-order valence-corrected chi connectivity index (χ3v) is 5.05. The Morgan fingerprint density at radius 2 is 2.16 bits per heavy atom. The van der Waals surface area contributed by atoms with Crippen LogP contribution in [0.3, 0.4) is 0 Å². The number of amides is 1. The molecule has 0 bridgehead atoms. The van der Waals surface area contributed by atoms with Crippen LogP contribution >= 0.6 is 0 Å². The molecule has 2 aliphatic heterocycles. The zero-order valence-electron chi connectivity index (χ0n) is 14.2. The van der Waals surface area contributed by atoms with Gasteiger partial charge < -0.3 is 23.8 Å². The van der Waals surface area contributed by atoms with Crippen molar-refractivity contribution in [2.75, 3.05) is 27.1 Å². The highest BCUT2D eigenvalue weighted by molar-refractivity contribution is 5.94. The second-order valence-corrected chi connectivity index (χ2v) is 6.46. The number of ether oxygens (including phenoxy) is 4. The first kappa shape index (κ1) is 16.2. The fourth-order valence-electron chi connectivity index (χ4n) is 3.71. The number of morpholine rings is 1. The topological polar surface area (TPSA) is 57.2 Å². The Kier molecular flexibility index (Phi) is 4.51. The molecule has 0 aromatic heterocycles. The molecule has 1 saturated heterocycles. The first-order valence-corrected chi connectivity index (χ1v) is 8.61. The number of methoxy groups -OCH3 is 1. The van der Waals surface area contributed by atoms with Gasteiger partial charge in [0.05, 0.1) is 24.9 Å². The molecule has 3 atom stereocenters. The lowest BCUT2D eigenvalue weighted by molar-refractivity contribution is -0.149. The molecular formula is C19H21NO5. The van der Waals surface area contributed by atoms with Gasteiger partial charge in [-0.05, 0) is 37.5 Å². The van der Waals surface area contributed by atoms with Gasteiger partial charge in [0.1, 0.15) is 0 Å². The lowest BCUT2D eigenvalue weighted by atomic mass is 9.88. The second-order valence-electron chi connectivity index (χ2n) is 6.46. The molecule has 0 radical (unpaired) electrons. The number of fused-ring (bicyclic) bond motifs is 2. The average molecular weight is 343 g/mol. The molecule has 3 aliphatic rings. The van der Waals surface area contributed by atoms with E-state index in [0.717, 1.165) is 24.8 Å². The summed E-state index contributed by atoms with van der Waals surface area (Å²) in [4.78, 5) is 14.5. The summed E-state index contributed by atoms with van der Waals surface area (Å²) in [6.45, 7) is 1.37. The van der Waals surface area contributed by atoms with Crippen molar-refractivity contribution >= 4 is 5.91 Å². The summed E-state index contributed by atoms with van der Waals surface area (Å²) in [5.41, 5.74) is 0.737. The van der Waals surface area contributed by atoms with Crippen LogP contribution in [0.5, 0.6) is 11.5 Å². The third-order valence-electron chi connectivity index (χ3n) is 5.05. The molecular weight excluding hydrogens is 322 g/mol. The maximum atomic E-state index is 12.7. The van der Waals surface area contributed by atoms with Crippen LogP contribution in [0.1, 0.15) is 24.8 Å². The van der Waals surface area contributed by atoms with Gasteiger partial charge in [-0.2, -0.15) is 0 Å². The molecule has 0 N–H and O–H groups in total. The predicted molar refractivity (Wildman–Crippen MR) is 89.3 cm³/mol. The Balaban J connectivity index is 1.48. The fourth-order valence-corrected chi connectivity index (χ4v) is 3.71. The molecule has 1 amide bonds. The molecule has 6 nitrogen and oxygen atoms in total. The summed E-state index contributed by atoms with van der Waals surface area (Å²) in [7, 11) is 1.72. The van der Waals surface area contributed by atoms with Crippen molar-refractivity contribution in [2.24, 2.45) is 0 Å². The van der Waals surface area contributed by atoms with Crippen molar-refractivity contribution in [3.63, 3.8) is 0 Å². The molecule has 1 aromatic rings. The maximum Gasteiger partial charge on any atom is 0.299 e. The number of hydrogen-bond acceptors (Lipinski definition) is 5. The van der Waals surface area contributed by atoms with Crippen LogP contribution in [0.4, 0.5) is 0 Å². The molecule has 1 aromatic carbocycles. The largest absolute Gasteiger partial charge is 0.454 e. The summed E-state index contributed by atoms with van der Waals surface area (Å²) < 4.78 is 21.9. The standard InChI is InChI=1S/C19H21NO5/c1-22-14-4-6-16-15(11-14)20(8-9-23-16)19(21)7-3-13-2-5-17-18(10-13)25-12-24-17/h2,5,10,14-16H,4,6,8-9,11-12H2,1H3. The maximum absolute atomic E-state index is 12.7. The summed E-state index contributed by atoms with van der Waals surface area (Å²) in [5.74, 6) is 6.93. The summed E-state index contributed by atoms with van der Waals surface area (Å²) in [6.07, 6.45) is 2.97. The number of carbonyl (C=O) groups is 1. The van der Waals surface area contributed by atoms with Crippen molar-refractivity contribution in [2.45, 2.75) is 37.5 Å². The van der Waals surface area contributed by atoms with E-state index in [-0.39, 0.29) is 30.9 Å². The summed E-state index contributed by atoms with van der Waals surface area (Å²) >= 11 is 0. The number of hydrogen-bond donors (Lipinski definition) is 0. The van der Waals surface area contributed by atoms with E-state index >= 15 is 0 Å². The highest BCUT2D eigenvalue weighted by atomic mass is 16.7. The summed E-state index contributed by atoms with van der Waals surface area (Å²) in [5, 5.41) is 0. The predicted octanol–water partition coefficient (Wildman–Crippen LogP) is 1.56. The zero-order valence-corrected chi connectivity index (χ0v) is 14.2. The highest BCUT2D eigenvalue weighted by Gasteiger charge is 2.39. The molecule has 2 fully saturated rings. The highest BCUT2D eigenvalue weighted by Crippen LogP contribution is 2.32. The minimum absolute atomic E-state index is 0.0472. The van der Waals surface area contributed by atoms with E-state index < -0.39 is 0 Å². The van der Waals surface area contributed by atoms with E-state index in [1.165, 1.54) is 0 Å². The van der Waals surface area contributed by atoms with E-state index in [4.69, 9.17) is 18.9 Å². The van der Waals surface area contributed by atoms with Crippen LogP contribution in [0.2, 0.25) is 0 Å². The van der Waals surface area contributed by atoms with Gasteiger partial charge in [-0.15, -0.1) is 0 Å². The van der Waals surface area contributed by atoms with Gasteiger partial charge in [-0.1, -0.05) is 5.92 Å². The van der Waals surface area contributed by atoms with Crippen molar-refractivity contribution < 1.29 is 23.7 Å². The Hall–Kier alpha value is -2.23. The molecule has 2 heterocycles. The van der Waals surface area contributed by atoms with Gasteiger partial charge in [0.15, 0.2) is 11.5 Å². The van der Waals surface area contributed by atoms with Gasteiger partial charge in [0.25, 0.3) is 5.91 Å². The van der Waals surface area contributed by atoms with E-state index in [0.29, 0.717) is 24.7 Å². The van der Waals surface area contributed by atoms with Crippen LogP contribution in [0.25, 0.3) is 0 Å². The van der Waals surface area contributed by atoms with E-state index in [9.17, 15) is 4.79 Å². The number of nitrogens with zero attached hydrogens (tertiary/aromatic N) is 1. The fraction of sp³-hybridized carbons (Fsp3) is 0.526. The molecule has 4 rings (SSSR count). The Morgan fingerprint density at radius 3 is 3.04 bits per heavy atom. The Morgan fingerprint density at radius 1 is 1.28 bits per heavy atom. The quantitative estimate of drug-likeness (QED) is 0.725. The lowest BCUT2D eigenvalue weighted by Crippen LogP contribution is -2.56. The van der Waals surface area contributed by atoms with Crippen molar-refractivity contribution in [1.29, 1.82) is 0 Å². The molecule has 25 heavy (non-hydrogen) atoms. The second kappa shape index (κ2) is 6.95. The van der Waals surface area contributed by atoms with Gasteiger partial charge in [0.2, 0.25) is 6.79 Å². The van der Waals surface area contributed by atoms with Crippen LogP contribution in [-0.2, 0) is 14.3 Å². The molecule has 132 valence electrons. The third kappa shape index (κ3) is 3.30. The van der Waals surface area contributed by atoms with E-state index in [1.54, 1.807) is 13.2 Å². The van der Waals surface area contributed by atoms with E-state index in [1.807, 2.05) is 17.0 Å². The average Bonchev–Trinajstić information content (AvgIpc) is 3.13.